The van der Waals surface area contributed by atoms with E-state index in [-0.39, 0.29) is 12.3 Å². The van der Waals surface area contributed by atoms with E-state index in [4.69, 9.17) is 4.74 Å². The van der Waals surface area contributed by atoms with Crippen molar-refractivity contribution in [1.82, 2.24) is 4.90 Å². The van der Waals surface area contributed by atoms with E-state index >= 15 is 0 Å². The summed E-state index contributed by atoms with van der Waals surface area (Å²) in [5, 5.41) is 9.81. The van der Waals surface area contributed by atoms with Crippen LogP contribution in [-0.4, -0.2) is 28.2 Å². The number of carbonyl (C=O) groups excluding carboxylic acids is 1. The Bertz CT molecular complexity index is 489. The van der Waals surface area contributed by atoms with Crippen LogP contribution in [0.4, 0.5) is 4.79 Å². The molecule has 0 bridgehead atoms. The van der Waals surface area contributed by atoms with Gasteiger partial charge in [0, 0.05) is 12.1 Å². The molecule has 0 aliphatic carbocycles. The van der Waals surface area contributed by atoms with Gasteiger partial charge in [0.05, 0.1) is 6.54 Å². The molecule has 0 fully saturated rings. The second-order valence-corrected chi connectivity index (χ2v) is 5.92. The van der Waals surface area contributed by atoms with E-state index in [2.05, 4.69) is 6.58 Å². The Kier molecular flexibility index (Phi) is 5.19. The first-order chi connectivity index (χ1) is 9.19. The summed E-state index contributed by atoms with van der Waals surface area (Å²) in [6.07, 6.45) is -0.413. The molecule has 4 heteroatoms. The van der Waals surface area contributed by atoms with Crippen LogP contribution in [0.3, 0.4) is 0 Å². The fourth-order valence-corrected chi connectivity index (χ4v) is 1.69. The van der Waals surface area contributed by atoms with Crippen molar-refractivity contribution in [2.45, 2.75) is 39.8 Å². The zero-order valence-electron chi connectivity index (χ0n) is 12.6. The van der Waals surface area contributed by atoms with E-state index in [1.807, 2.05) is 33.8 Å². The molecule has 110 valence electrons. The van der Waals surface area contributed by atoms with Crippen LogP contribution in [0.5, 0.6) is 5.75 Å². The molecule has 4 nitrogen and oxygen atoms in total. The summed E-state index contributed by atoms with van der Waals surface area (Å²) in [6.45, 7) is 11.8. The molecule has 1 aromatic carbocycles. The van der Waals surface area contributed by atoms with E-state index in [1.165, 1.54) is 4.90 Å². The maximum Gasteiger partial charge on any atom is 0.410 e. The Morgan fingerprint density at radius 2 is 1.95 bits per heavy atom. The number of carbonyl (C=O) groups is 1. The summed E-state index contributed by atoms with van der Waals surface area (Å²) in [4.78, 5) is 13.7. The molecule has 1 aromatic rings. The first-order valence-electron chi connectivity index (χ1n) is 6.58. The van der Waals surface area contributed by atoms with Crippen LogP contribution in [0, 0.1) is 0 Å². The topological polar surface area (TPSA) is 49.8 Å². The Balaban J connectivity index is 2.87. The van der Waals surface area contributed by atoms with Crippen molar-refractivity contribution in [2.24, 2.45) is 0 Å². The fraction of sp³-hybridized carbons (Fsp3) is 0.438. The van der Waals surface area contributed by atoms with Gasteiger partial charge in [0.2, 0.25) is 0 Å². The quantitative estimate of drug-likeness (QED) is 0.854. The monoisotopic (exact) mass is 277 g/mol. The molecule has 0 radical (unpaired) electrons. The number of phenols is 1. The van der Waals surface area contributed by atoms with Gasteiger partial charge in [-0.1, -0.05) is 30.4 Å². The second kappa shape index (κ2) is 6.46. The van der Waals surface area contributed by atoms with Gasteiger partial charge in [-0.2, -0.15) is 0 Å². The summed E-state index contributed by atoms with van der Waals surface area (Å²) >= 11 is 0. The highest BCUT2D eigenvalue weighted by atomic mass is 16.6. The molecular formula is C16H23NO3. The van der Waals surface area contributed by atoms with Gasteiger partial charge in [-0.3, -0.25) is 4.90 Å². The number of rotatable bonds is 4. The highest BCUT2D eigenvalue weighted by Crippen LogP contribution is 2.20. The molecule has 1 rings (SSSR count). The largest absolute Gasteiger partial charge is 0.508 e. The number of amides is 1. The summed E-state index contributed by atoms with van der Waals surface area (Å²) in [5.41, 5.74) is 0.981. The van der Waals surface area contributed by atoms with Gasteiger partial charge in [0.15, 0.2) is 0 Å². The molecule has 0 heterocycles. The van der Waals surface area contributed by atoms with Crippen LogP contribution >= 0.6 is 0 Å². The summed E-state index contributed by atoms with van der Waals surface area (Å²) in [5.74, 6) is 0.169. The van der Waals surface area contributed by atoms with Gasteiger partial charge < -0.3 is 9.84 Å². The summed E-state index contributed by atoms with van der Waals surface area (Å²) in [6, 6.07) is 6.95. The lowest BCUT2D eigenvalue weighted by molar-refractivity contribution is 0.0251. The van der Waals surface area contributed by atoms with Crippen LogP contribution in [0.15, 0.2) is 36.4 Å². The number of phenolic OH excluding ortho intramolecular Hbond substituents is 1. The van der Waals surface area contributed by atoms with Gasteiger partial charge in [-0.05, 0) is 33.8 Å². The third-order valence-electron chi connectivity index (χ3n) is 2.47. The highest BCUT2D eigenvalue weighted by molar-refractivity contribution is 5.68. The predicted molar refractivity (Wildman–Crippen MR) is 79.6 cm³/mol. The van der Waals surface area contributed by atoms with Crippen molar-refractivity contribution < 1.29 is 14.6 Å². The molecule has 20 heavy (non-hydrogen) atoms. The van der Waals surface area contributed by atoms with Crippen molar-refractivity contribution in [2.75, 3.05) is 6.54 Å². The lowest BCUT2D eigenvalue weighted by atomic mass is 10.2. The normalized spacial score (nSPS) is 11.0. The molecule has 0 aromatic heterocycles. The number of aromatic hydroxyl groups is 1. The Morgan fingerprint density at radius 1 is 1.35 bits per heavy atom. The minimum Gasteiger partial charge on any atom is -0.508 e. The minimum atomic E-state index is -0.552. The van der Waals surface area contributed by atoms with Gasteiger partial charge in [0.1, 0.15) is 11.4 Å². The van der Waals surface area contributed by atoms with Gasteiger partial charge in [-0.15, -0.1) is 0 Å². The Morgan fingerprint density at radius 3 is 2.45 bits per heavy atom. The smallest absolute Gasteiger partial charge is 0.410 e. The highest BCUT2D eigenvalue weighted by Gasteiger charge is 2.22. The van der Waals surface area contributed by atoms with Crippen molar-refractivity contribution in [3.05, 3.63) is 42.0 Å². The zero-order valence-corrected chi connectivity index (χ0v) is 12.6. The van der Waals surface area contributed by atoms with Crippen molar-refractivity contribution in [3.63, 3.8) is 0 Å². The molecule has 1 amide bonds. The van der Waals surface area contributed by atoms with Crippen LogP contribution in [-0.2, 0) is 11.3 Å². The number of hydrogen-bond donors (Lipinski definition) is 1. The van der Waals surface area contributed by atoms with Crippen LogP contribution in [0.2, 0.25) is 0 Å². The second-order valence-electron chi connectivity index (χ2n) is 5.92. The number of hydrogen-bond acceptors (Lipinski definition) is 3. The fourth-order valence-electron chi connectivity index (χ4n) is 1.69. The molecular weight excluding hydrogens is 254 g/mol. The van der Waals surface area contributed by atoms with E-state index in [1.54, 1.807) is 18.2 Å². The van der Waals surface area contributed by atoms with Gasteiger partial charge in [-0.25, -0.2) is 4.79 Å². The van der Waals surface area contributed by atoms with Crippen molar-refractivity contribution in [1.29, 1.82) is 0 Å². The van der Waals surface area contributed by atoms with E-state index in [0.717, 1.165) is 5.57 Å². The minimum absolute atomic E-state index is 0.169. The summed E-state index contributed by atoms with van der Waals surface area (Å²) in [7, 11) is 0. The maximum atomic E-state index is 12.2. The number of benzene rings is 1. The molecule has 0 spiro atoms. The molecule has 0 saturated heterocycles. The molecule has 0 atom stereocenters. The average Bonchev–Trinajstić information content (AvgIpc) is 2.28. The maximum absolute atomic E-state index is 12.2. The van der Waals surface area contributed by atoms with Crippen molar-refractivity contribution >= 4 is 6.09 Å². The number of ether oxygens (including phenoxy) is 1. The van der Waals surface area contributed by atoms with Crippen molar-refractivity contribution in [3.8, 4) is 5.75 Å². The first-order valence-corrected chi connectivity index (χ1v) is 6.58. The molecule has 0 aliphatic rings. The average molecular weight is 277 g/mol. The number of para-hydroxylation sites is 1. The number of nitrogens with zero attached hydrogens (tertiary/aromatic N) is 1. The molecule has 0 saturated carbocycles. The zero-order chi connectivity index (χ0) is 15.3. The predicted octanol–water partition coefficient (Wildman–Crippen LogP) is 3.71. The van der Waals surface area contributed by atoms with Crippen LogP contribution < -0.4 is 0 Å². The standard InChI is InChI=1S/C16H23NO3/c1-12(2)10-17(15(19)20-16(3,4)5)11-13-8-6-7-9-14(13)18/h6-9,18H,1,10-11H2,2-5H3. The Labute approximate surface area is 120 Å². The molecule has 0 unspecified atom stereocenters. The molecule has 0 aliphatic heterocycles. The van der Waals surface area contributed by atoms with E-state index < -0.39 is 11.7 Å². The molecule has 1 N–H and O–H groups in total. The van der Waals surface area contributed by atoms with Gasteiger partial charge >= 0.3 is 6.09 Å². The lowest BCUT2D eigenvalue weighted by Crippen LogP contribution is -2.37. The lowest BCUT2D eigenvalue weighted by Gasteiger charge is -2.27. The van der Waals surface area contributed by atoms with Gasteiger partial charge in [0.25, 0.3) is 0 Å². The van der Waals surface area contributed by atoms with E-state index in [0.29, 0.717) is 12.1 Å². The Hall–Kier alpha value is -1.97. The first kappa shape index (κ1) is 16.1. The van der Waals surface area contributed by atoms with Crippen LogP contribution in [0.25, 0.3) is 0 Å². The third kappa shape index (κ3) is 5.34. The summed E-state index contributed by atoms with van der Waals surface area (Å²) < 4.78 is 5.38. The third-order valence-corrected chi connectivity index (χ3v) is 2.47. The van der Waals surface area contributed by atoms with Crippen LogP contribution in [0.1, 0.15) is 33.3 Å². The van der Waals surface area contributed by atoms with E-state index in [9.17, 15) is 9.90 Å². The SMILES string of the molecule is C=C(C)CN(Cc1ccccc1O)C(=O)OC(C)(C)C.